The van der Waals surface area contributed by atoms with E-state index in [9.17, 15) is 55.7 Å². The molecule has 7 aromatic rings. The number of thioether (sulfide) groups is 2. The predicted molar refractivity (Wildman–Crippen MR) is 556 cm³/mol. The molecule has 14 rings (SSSR count). The number of carbonyl (C=O) groups excluding carboxylic acids is 1. The smallest absolute Gasteiger partial charge is 0.494 e. The number of carbonyl (C=O) groups is 1. The first-order valence-corrected chi connectivity index (χ1v) is 59.8. The highest BCUT2D eigenvalue weighted by Gasteiger charge is 2.52. The van der Waals surface area contributed by atoms with E-state index in [-0.39, 0.29) is 117 Å². The maximum atomic E-state index is 13.1. The van der Waals surface area contributed by atoms with E-state index >= 15 is 0 Å². The molecule has 7 aliphatic rings. The van der Waals surface area contributed by atoms with Crippen molar-refractivity contribution in [1.29, 1.82) is 0 Å². The lowest BCUT2D eigenvalue weighted by molar-refractivity contribution is -0.154. The summed E-state index contributed by atoms with van der Waals surface area (Å²) in [6.07, 6.45) is 10.4. The molecule has 0 radical (unpaired) electrons. The molecule has 30 nitrogen and oxygen atoms in total. The van der Waals surface area contributed by atoms with Gasteiger partial charge < -0.3 is 91.2 Å². The minimum atomic E-state index is -3.59. The van der Waals surface area contributed by atoms with Crippen molar-refractivity contribution in [2.75, 3.05) is 140 Å². The number of phenols is 1. The largest absolute Gasteiger partial charge is 0.508 e. The Hall–Kier alpha value is -5.61. The fourth-order valence-electron chi connectivity index (χ4n) is 13.5. The quantitative estimate of drug-likeness (QED) is 0.0120. The molecule has 0 spiro atoms. The first-order chi connectivity index (χ1) is 68.1. The zero-order valence-corrected chi connectivity index (χ0v) is 92.6. The molecule has 44 heteroatoms. The summed E-state index contributed by atoms with van der Waals surface area (Å²) in [5, 5.41) is 9.73. The van der Waals surface area contributed by atoms with Gasteiger partial charge in [-0.15, -0.1) is 23.4 Å². The zero-order chi connectivity index (χ0) is 104. The average Bonchev–Trinajstić information content (AvgIpc) is 1.62. The fraction of sp³-hybridized carbons (Fsp3) is 0.525. The van der Waals surface area contributed by atoms with Crippen LogP contribution in [-0.4, -0.2) is 254 Å². The van der Waals surface area contributed by atoms with Gasteiger partial charge >= 0.3 is 13.1 Å². The third-order valence-electron chi connectivity index (χ3n) is 22.7. The number of benzene rings is 7. The number of rotatable bonds is 37. The number of hydrogen-bond acceptors (Lipinski definition) is 32. The van der Waals surface area contributed by atoms with Crippen LogP contribution in [0.15, 0.2) is 241 Å². The maximum absolute atomic E-state index is 13.1. The van der Waals surface area contributed by atoms with Crippen molar-refractivity contribution in [2.45, 2.75) is 226 Å². The number of nitrogens with two attached hydrogens (primary N) is 1. The summed E-state index contributed by atoms with van der Waals surface area (Å²) in [5.74, 6) is -0.477. The lowest BCUT2D eigenvalue weighted by Gasteiger charge is -2.32. The molecule has 7 saturated heterocycles. The predicted octanol–water partition coefficient (Wildman–Crippen LogP) is 18.8. The lowest BCUT2D eigenvalue weighted by Crippen LogP contribution is -2.41. The van der Waals surface area contributed by atoms with E-state index in [2.05, 4.69) is 72.1 Å². The van der Waals surface area contributed by atoms with E-state index in [1.54, 1.807) is 92.8 Å². The zero-order valence-electron chi connectivity index (χ0n) is 81.4. The van der Waals surface area contributed by atoms with Crippen LogP contribution in [0, 0.1) is 0 Å². The Labute approximate surface area is 880 Å². The second-order valence-corrected chi connectivity index (χ2v) is 50.5. The molecule has 0 unspecified atom stereocenters. The molecular weight excluding hydrogens is 2220 g/mol. The molecule has 3 N–H and O–H groups in total. The van der Waals surface area contributed by atoms with Gasteiger partial charge in [0.05, 0.1) is 96.1 Å². The number of esters is 1. The standard InChI is InChI=1S/C22H31FO7S.C18H27BO6S.C16H22FNO5S.C12H15BrO4S.C12H15BrO2S.C12H16O5S.C7H6BrClS/c1-22(2,3)30-21(24)9-4-17(14-23)15-28-18-5-7-20(8-6-18)31(25,26)16-29-19-10-12-27-13-11-19;1-17(2)18(3,4)25-19(24-17)14-5-7-16(8-6-14)26(20,21)13-23-15-9-11-22-12-10-15;17-9-13(10-18)11-22-14-1-3-16(4-2-14)24(19,20)12-23-15-5-7-21-8-6-15;13-10-1-3-12(4-2-10)18(14,15)9-17-11-5-7-16-8-6-11;13-10-1-3-12(4-2-10)16-9-15-11-5-7-14-8-6-11;13-10-1-3-12(4-2-10)18(14,15)9-17-11-5-7-16-8-6-11;8-6-1-3-7(4-2-6)10-5-9/h5-8,14,19H,4,9-13,15-16H2,1-3H3;5-8,15H,9-13H2,1-4H3;1-4,9,15H,5-8,10-12,18H2;1-4,11H,5-9H2;1-4,11H,5-9H2;1-4,11,13H,5-9H2;1-4H,5H2/b17-14+;;13-9+;;;;. The van der Waals surface area contributed by atoms with Crippen LogP contribution in [0.3, 0.4) is 0 Å². The molecule has 7 heterocycles. The van der Waals surface area contributed by atoms with Gasteiger partial charge in [0.25, 0.3) is 0 Å². The molecule has 7 aliphatic heterocycles. The van der Waals surface area contributed by atoms with Crippen LogP contribution >= 0.6 is 82.9 Å². The van der Waals surface area contributed by atoms with Crippen molar-refractivity contribution in [3.05, 3.63) is 207 Å². The summed E-state index contributed by atoms with van der Waals surface area (Å²) in [4.78, 5) is 15.2. The van der Waals surface area contributed by atoms with E-state index in [0.717, 1.165) is 89.4 Å². The van der Waals surface area contributed by atoms with Crippen LogP contribution in [0.5, 0.6) is 17.2 Å². The van der Waals surface area contributed by atoms with Crippen molar-refractivity contribution < 1.29 is 141 Å². The molecule has 0 saturated carbocycles. The van der Waals surface area contributed by atoms with E-state index in [4.69, 9.17) is 103 Å². The van der Waals surface area contributed by atoms with Gasteiger partial charge in [-0.05, 0) is 301 Å². The van der Waals surface area contributed by atoms with Gasteiger partial charge in [0, 0.05) is 121 Å². The molecule has 0 atom stereocenters. The van der Waals surface area contributed by atoms with E-state index in [0.29, 0.717) is 138 Å². The Balaban J connectivity index is 0.000000208. The third-order valence-corrected chi connectivity index (χ3v) is 33.3. The Morgan fingerprint density at radius 1 is 0.413 bits per heavy atom. The van der Waals surface area contributed by atoms with Crippen molar-refractivity contribution in [2.24, 2.45) is 5.73 Å². The minimum Gasteiger partial charge on any atom is -0.508 e. The second-order valence-electron chi connectivity index (χ2n) is 35.4. The van der Waals surface area contributed by atoms with Crippen LogP contribution < -0.4 is 20.7 Å². The lowest BCUT2D eigenvalue weighted by atomic mass is 9.79. The summed E-state index contributed by atoms with van der Waals surface area (Å²) in [7, 11) is -17.9. The van der Waals surface area contributed by atoms with Gasteiger partial charge in [-0.25, -0.2) is 50.9 Å². The number of hydrogen-bond donors (Lipinski definition) is 2. The van der Waals surface area contributed by atoms with E-state index < -0.39 is 85.0 Å². The molecule has 794 valence electrons. The summed E-state index contributed by atoms with van der Waals surface area (Å²) in [6.45, 7) is 21.0. The van der Waals surface area contributed by atoms with Crippen LogP contribution in [0.4, 0.5) is 8.78 Å². The monoisotopic (exact) mass is 2340 g/mol. The first-order valence-electron chi connectivity index (χ1n) is 46.6. The van der Waals surface area contributed by atoms with Crippen LogP contribution in [0.25, 0.3) is 0 Å². The van der Waals surface area contributed by atoms with Gasteiger partial charge in [-0.2, -0.15) is 0 Å². The maximum Gasteiger partial charge on any atom is 0.494 e. The Morgan fingerprint density at radius 3 is 0.965 bits per heavy atom. The third kappa shape index (κ3) is 46.4. The van der Waals surface area contributed by atoms with Gasteiger partial charge in [0.15, 0.2) is 29.7 Å². The number of ether oxygens (including phenoxy) is 15. The molecule has 143 heavy (non-hydrogen) atoms. The summed E-state index contributed by atoms with van der Waals surface area (Å²) in [5.41, 5.74) is 5.29. The van der Waals surface area contributed by atoms with Gasteiger partial charge in [0.2, 0.25) is 49.2 Å². The molecule has 7 aromatic carbocycles. The second kappa shape index (κ2) is 62.9. The van der Waals surface area contributed by atoms with Gasteiger partial charge in [0.1, 0.15) is 36.1 Å². The van der Waals surface area contributed by atoms with E-state index in [1.165, 1.54) is 82.6 Å². The van der Waals surface area contributed by atoms with Crippen molar-refractivity contribution in [1.82, 2.24) is 0 Å². The topological polar surface area (TPSA) is 391 Å². The van der Waals surface area contributed by atoms with Crippen molar-refractivity contribution in [3.63, 3.8) is 0 Å². The normalized spacial score (nSPS) is 17.7. The van der Waals surface area contributed by atoms with Crippen LogP contribution in [0.1, 0.15) is 138 Å². The highest BCUT2D eigenvalue weighted by molar-refractivity contribution is 9.11. The number of alkyl halides is 1. The molecule has 0 amide bonds. The number of phenolic OH excluding ortho intramolecular Hbond substituents is 1. The van der Waals surface area contributed by atoms with Crippen molar-refractivity contribution in [3.8, 4) is 17.2 Å². The average molecular weight is 2350 g/mol. The highest BCUT2D eigenvalue weighted by atomic mass is 79.9. The number of halogens is 6. The van der Waals surface area contributed by atoms with Gasteiger partial charge in [-0.3, -0.25) is 4.79 Å². The van der Waals surface area contributed by atoms with Crippen LogP contribution in [-0.2, 0) is 125 Å². The molecule has 0 aromatic heterocycles. The molecular formula is C99H132BBr3ClF2NO29S7. The Morgan fingerprint density at radius 2 is 0.678 bits per heavy atom. The summed E-state index contributed by atoms with van der Waals surface area (Å²) in [6, 6.07) is 46.9. The molecule has 0 aliphatic carbocycles. The van der Waals surface area contributed by atoms with Gasteiger partial charge in [-0.1, -0.05) is 71.7 Å². The van der Waals surface area contributed by atoms with E-state index in [1.807, 2.05) is 52.0 Å². The van der Waals surface area contributed by atoms with Crippen molar-refractivity contribution >= 4 is 151 Å². The Kier molecular flexibility index (Phi) is 53.9. The number of sulfone groups is 5. The minimum absolute atomic E-state index is 0.0102. The highest BCUT2D eigenvalue weighted by Crippen LogP contribution is 2.37. The summed E-state index contributed by atoms with van der Waals surface area (Å²) >= 11 is 18.9. The Bertz CT molecular complexity index is 5440. The first kappa shape index (κ1) is 123. The number of aromatic hydroxyl groups is 1. The molecule has 0 bridgehead atoms. The SMILES string of the molecule is Brc1ccc(SCOC2CCOCC2)cc1.CC(C)(C)OC(=O)CC/C(=C\F)COc1ccc(S(=O)(=O)COC2CCOCC2)cc1.CC1(C)OB(c2ccc(S(=O)(=O)COC3CCOCC3)cc2)OC1(C)C.ClCSc1ccc(Br)cc1.NC/C(=C\F)COc1ccc(S(=O)(=O)COC2CCOCC2)cc1.O=S(=O)(COC1CCOCC1)c1ccc(Br)cc1.O=S(=O)(COC1CCOCC1)c1ccc(O)cc1. The summed E-state index contributed by atoms with van der Waals surface area (Å²) < 4.78 is 244. The molecule has 7 fully saturated rings. The van der Waals surface area contributed by atoms with Crippen LogP contribution in [0.2, 0.25) is 0 Å². The fourth-order valence-corrected chi connectivity index (χ4v) is 21.2.